The molecule has 2 aromatic heterocycles. The number of aromatic nitrogens is 3. The number of aromatic carboxylic acids is 1. The molecule has 14 heavy (non-hydrogen) atoms. The van der Waals surface area contributed by atoms with Crippen LogP contribution in [-0.4, -0.2) is 26.3 Å². The summed E-state index contributed by atoms with van der Waals surface area (Å²) in [5, 5.41) is 15.2. The van der Waals surface area contributed by atoms with Crippen LogP contribution in [0.15, 0.2) is 6.07 Å². The Morgan fingerprint density at radius 1 is 1.43 bits per heavy atom. The van der Waals surface area contributed by atoms with Gasteiger partial charge >= 0.3 is 5.97 Å². The molecule has 0 radical (unpaired) electrons. The van der Waals surface area contributed by atoms with Crippen LogP contribution in [0.3, 0.4) is 0 Å². The Labute approximate surface area is 79.8 Å². The molecule has 0 saturated heterocycles. The van der Waals surface area contributed by atoms with Crippen molar-refractivity contribution >= 4 is 17.0 Å². The fourth-order valence-corrected chi connectivity index (χ4v) is 1.46. The summed E-state index contributed by atoms with van der Waals surface area (Å²) in [4.78, 5) is 14.9. The van der Waals surface area contributed by atoms with E-state index in [0.717, 1.165) is 11.3 Å². The monoisotopic (exact) mass is 191 g/mol. The van der Waals surface area contributed by atoms with E-state index in [-0.39, 0.29) is 5.69 Å². The molecule has 0 saturated carbocycles. The van der Waals surface area contributed by atoms with Gasteiger partial charge in [-0.3, -0.25) is 5.10 Å². The van der Waals surface area contributed by atoms with E-state index in [9.17, 15) is 4.79 Å². The number of nitrogens with zero attached hydrogens (tertiary/aromatic N) is 2. The molecule has 0 bridgehead atoms. The summed E-state index contributed by atoms with van der Waals surface area (Å²) in [5.74, 6) is -1.04. The van der Waals surface area contributed by atoms with E-state index in [4.69, 9.17) is 5.11 Å². The first-order valence-corrected chi connectivity index (χ1v) is 4.15. The van der Waals surface area contributed by atoms with Crippen molar-refractivity contribution in [3.05, 3.63) is 23.0 Å². The summed E-state index contributed by atoms with van der Waals surface area (Å²) in [6.07, 6.45) is 0. The Morgan fingerprint density at radius 2 is 2.14 bits per heavy atom. The number of carboxylic acids is 1. The van der Waals surface area contributed by atoms with E-state index in [0.29, 0.717) is 11.0 Å². The van der Waals surface area contributed by atoms with Gasteiger partial charge in [-0.25, -0.2) is 9.78 Å². The van der Waals surface area contributed by atoms with Crippen molar-refractivity contribution in [3.63, 3.8) is 0 Å². The average Bonchev–Trinajstić information content (AvgIpc) is 2.47. The van der Waals surface area contributed by atoms with Crippen LogP contribution in [0.25, 0.3) is 11.0 Å². The molecule has 0 aliphatic heterocycles. The normalized spacial score (nSPS) is 10.7. The van der Waals surface area contributed by atoms with E-state index in [1.165, 1.54) is 0 Å². The Bertz CT molecular complexity index is 516. The van der Waals surface area contributed by atoms with E-state index >= 15 is 0 Å². The highest BCUT2D eigenvalue weighted by atomic mass is 16.4. The zero-order chi connectivity index (χ0) is 10.3. The second-order valence-corrected chi connectivity index (χ2v) is 3.18. The van der Waals surface area contributed by atoms with E-state index in [1.54, 1.807) is 0 Å². The molecule has 0 fully saturated rings. The SMILES string of the molecule is Cc1cc(C)c2n[nH]c(C(=O)O)c2n1. The predicted octanol–water partition coefficient (Wildman–Crippen LogP) is 1.27. The number of aryl methyl sites for hydroxylation is 2. The largest absolute Gasteiger partial charge is 0.476 e. The second-order valence-electron chi connectivity index (χ2n) is 3.18. The lowest BCUT2D eigenvalue weighted by molar-refractivity contribution is 0.0692. The number of carboxylic acid groups (broad SMARTS) is 1. The third-order valence-corrected chi connectivity index (χ3v) is 2.04. The summed E-state index contributed by atoms with van der Waals surface area (Å²) in [7, 11) is 0. The Kier molecular flexibility index (Phi) is 1.73. The first kappa shape index (κ1) is 8.68. The molecule has 0 atom stereocenters. The molecule has 2 N–H and O–H groups in total. The molecule has 0 unspecified atom stereocenters. The molecule has 0 aliphatic carbocycles. The van der Waals surface area contributed by atoms with Crippen molar-refractivity contribution in [3.8, 4) is 0 Å². The molecule has 72 valence electrons. The number of rotatable bonds is 1. The van der Waals surface area contributed by atoms with Crippen molar-refractivity contribution < 1.29 is 9.90 Å². The highest BCUT2D eigenvalue weighted by Crippen LogP contribution is 2.17. The molecule has 2 rings (SSSR count). The zero-order valence-electron chi connectivity index (χ0n) is 7.83. The Hall–Kier alpha value is -1.91. The van der Waals surface area contributed by atoms with Crippen molar-refractivity contribution in [2.75, 3.05) is 0 Å². The Morgan fingerprint density at radius 3 is 2.79 bits per heavy atom. The molecular weight excluding hydrogens is 182 g/mol. The number of nitrogens with one attached hydrogen (secondary N) is 1. The highest BCUT2D eigenvalue weighted by molar-refractivity contribution is 5.99. The minimum absolute atomic E-state index is 0.0480. The molecule has 5 nitrogen and oxygen atoms in total. The number of hydrogen-bond donors (Lipinski definition) is 2. The van der Waals surface area contributed by atoms with Gasteiger partial charge in [0.05, 0.1) is 0 Å². The maximum atomic E-state index is 10.8. The average molecular weight is 191 g/mol. The molecule has 0 spiro atoms. The standard InChI is InChI=1S/C9H9N3O2/c1-4-3-5(2)10-7-6(4)11-12-8(7)9(13)14/h3H,1-2H3,(H,11,12)(H,13,14). The number of hydrogen-bond acceptors (Lipinski definition) is 3. The van der Waals surface area contributed by atoms with E-state index in [2.05, 4.69) is 15.2 Å². The summed E-state index contributed by atoms with van der Waals surface area (Å²) in [6.45, 7) is 3.70. The van der Waals surface area contributed by atoms with Crippen molar-refractivity contribution in [1.29, 1.82) is 0 Å². The molecule has 0 aliphatic rings. The van der Waals surface area contributed by atoms with Gasteiger partial charge in [-0.05, 0) is 25.5 Å². The van der Waals surface area contributed by atoms with Crippen molar-refractivity contribution in [1.82, 2.24) is 15.2 Å². The summed E-state index contributed by atoms with van der Waals surface area (Å²) in [5.41, 5.74) is 2.81. The van der Waals surface area contributed by atoms with Crippen LogP contribution < -0.4 is 0 Å². The maximum Gasteiger partial charge on any atom is 0.356 e. The van der Waals surface area contributed by atoms with E-state index in [1.807, 2.05) is 19.9 Å². The lowest BCUT2D eigenvalue weighted by Gasteiger charge is -1.96. The van der Waals surface area contributed by atoms with Gasteiger partial charge in [0.25, 0.3) is 0 Å². The second kappa shape index (κ2) is 2.80. The zero-order valence-corrected chi connectivity index (χ0v) is 7.83. The van der Waals surface area contributed by atoms with Crippen LogP contribution in [-0.2, 0) is 0 Å². The maximum absolute atomic E-state index is 10.8. The number of pyridine rings is 1. The first-order valence-electron chi connectivity index (χ1n) is 4.15. The Balaban J connectivity index is 2.85. The topological polar surface area (TPSA) is 78.9 Å². The van der Waals surface area contributed by atoms with Gasteiger partial charge in [0.2, 0.25) is 0 Å². The molecule has 2 heterocycles. The number of carbonyl (C=O) groups is 1. The van der Waals surface area contributed by atoms with Gasteiger partial charge in [0.1, 0.15) is 11.0 Å². The van der Waals surface area contributed by atoms with Gasteiger partial charge in [-0.2, -0.15) is 5.10 Å². The lowest BCUT2D eigenvalue weighted by Crippen LogP contribution is -1.98. The molecule has 5 heteroatoms. The highest BCUT2D eigenvalue weighted by Gasteiger charge is 2.14. The van der Waals surface area contributed by atoms with Crippen LogP contribution in [0.2, 0.25) is 0 Å². The van der Waals surface area contributed by atoms with Gasteiger partial charge in [0, 0.05) is 5.69 Å². The summed E-state index contributed by atoms with van der Waals surface area (Å²) >= 11 is 0. The lowest BCUT2D eigenvalue weighted by atomic mass is 10.2. The number of aromatic amines is 1. The number of fused-ring (bicyclic) bond motifs is 1. The minimum atomic E-state index is -1.04. The van der Waals surface area contributed by atoms with Gasteiger partial charge in [-0.1, -0.05) is 0 Å². The fraction of sp³-hybridized carbons (Fsp3) is 0.222. The summed E-state index contributed by atoms with van der Waals surface area (Å²) < 4.78 is 0. The minimum Gasteiger partial charge on any atom is -0.476 e. The van der Waals surface area contributed by atoms with E-state index < -0.39 is 5.97 Å². The summed E-state index contributed by atoms with van der Waals surface area (Å²) in [6, 6.07) is 1.87. The van der Waals surface area contributed by atoms with Crippen LogP contribution in [0, 0.1) is 13.8 Å². The molecule has 2 aromatic rings. The fourth-order valence-electron chi connectivity index (χ4n) is 1.46. The van der Waals surface area contributed by atoms with Gasteiger partial charge in [0.15, 0.2) is 5.69 Å². The van der Waals surface area contributed by atoms with Crippen molar-refractivity contribution in [2.45, 2.75) is 13.8 Å². The van der Waals surface area contributed by atoms with Gasteiger partial charge < -0.3 is 5.11 Å². The predicted molar refractivity (Wildman–Crippen MR) is 50.3 cm³/mol. The molecule has 0 aromatic carbocycles. The quantitative estimate of drug-likeness (QED) is 0.711. The van der Waals surface area contributed by atoms with Crippen molar-refractivity contribution in [2.24, 2.45) is 0 Å². The van der Waals surface area contributed by atoms with Crippen LogP contribution >= 0.6 is 0 Å². The van der Waals surface area contributed by atoms with Crippen LogP contribution in [0.1, 0.15) is 21.7 Å². The van der Waals surface area contributed by atoms with Gasteiger partial charge in [-0.15, -0.1) is 0 Å². The smallest absolute Gasteiger partial charge is 0.356 e. The molecular formula is C9H9N3O2. The third kappa shape index (κ3) is 1.14. The van der Waals surface area contributed by atoms with Crippen LogP contribution in [0.4, 0.5) is 0 Å². The number of H-pyrrole nitrogens is 1. The molecule has 0 amide bonds. The third-order valence-electron chi connectivity index (χ3n) is 2.04. The van der Waals surface area contributed by atoms with Crippen LogP contribution in [0.5, 0.6) is 0 Å². The first-order chi connectivity index (χ1) is 6.59.